The minimum Gasteiger partial charge on any atom is -0.310 e. The van der Waals surface area contributed by atoms with E-state index in [4.69, 9.17) is 11.6 Å². The standard InChI is InChI=1S/C13H20ClNO2S/c1-4-15-13(5-6-18(3,16)17)11-7-10(2)8-12(14)9-11/h7-9,13,15H,4-6H2,1-3H3. The third-order valence-electron chi connectivity index (χ3n) is 2.69. The van der Waals surface area contributed by atoms with Crippen LogP contribution in [-0.2, 0) is 9.84 Å². The van der Waals surface area contributed by atoms with Gasteiger partial charge in [-0.25, -0.2) is 8.42 Å². The average molecular weight is 290 g/mol. The maximum Gasteiger partial charge on any atom is 0.147 e. The van der Waals surface area contributed by atoms with Crippen molar-refractivity contribution >= 4 is 21.4 Å². The summed E-state index contributed by atoms with van der Waals surface area (Å²) in [5, 5.41) is 3.99. The maximum atomic E-state index is 11.3. The molecule has 0 saturated heterocycles. The largest absolute Gasteiger partial charge is 0.310 e. The number of benzene rings is 1. The highest BCUT2D eigenvalue weighted by Gasteiger charge is 2.14. The van der Waals surface area contributed by atoms with Crippen molar-refractivity contribution in [2.75, 3.05) is 18.6 Å². The molecule has 18 heavy (non-hydrogen) atoms. The Morgan fingerprint density at radius 3 is 2.50 bits per heavy atom. The van der Waals surface area contributed by atoms with Gasteiger partial charge in [0.2, 0.25) is 0 Å². The van der Waals surface area contributed by atoms with E-state index in [1.807, 2.05) is 32.0 Å². The molecule has 1 aromatic carbocycles. The average Bonchev–Trinajstić information content (AvgIpc) is 2.21. The summed E-state index contributed by atoms with van der Waals surface area (Å²) in [5.41, 5.74) is 2.13. The molecule has 1 atom stereocenters. The number of hydrogen-bond donors (Lipinski definition) is 1. The SMILES string of the molecule is CCNC(CCS(C)(=O)=O)c1cc(C)cc(Cl)c1. The van der Waals surface area contributed by atoms with Gasteiger partial charge in [0, 0.05) is 17.3 Å². The Labute approximate surface area is 114 Å². The molecular weight excluding hydrogens is 270 g/mol. The zero-order chi connectivity index (χ0) is 13.8. The van der Waals surface area contributed by atoms with Crippen molar-refractivity contribution in [3.63, 3.8) is 0 Å². The van der Waals surface area contributed by atoms with E-state index in [2.05, 4.69) is 5.32 Å². The molecule has 0 fully saturated rings. The van der Waals surface area contributed by atoms with Gasteiger partial charge in [0.15, 0.2) is 0 Å². The van der Waals surface area contributed by atoms with Gasteiger partial charge in [-0.2, -0.15) is 0 Å². The molecular formula is C13H20ClNO2S. The van der Waals surface area contributed by atoms with E-state index >= 15 is 0 Å². The van der Waals surface area contributed by atoms with Crippen LogP contribution in [0, 0.1) is 6.92 Å². The van der Waals surface area contributed by atoms with Crippen LogP contribution in [0.4, 0.5) is 0 Å². The first-order valence-corrected chi connectivity index (χ1v) is 8.44. The summed E-state index contributed by atoms with van der Waals surface area (Å²) in [5.74, 6) is 0.177. The van der Waals surface area contributed by atoms with E-state index in [-0.39, 0.29) is 11.8 Å². The van der Waals surface area contributed by atoms with Crippen LogP contribution in [0.25, 0.3) is 0 Å². The topological polar surface area (TPSA) is 46.2 Å². The van der Waals surface area contributed by atoms with E-state index in [1.54, 1.807) is 0 Å². The summed E-state index contributed by atoms with van der Waals surface area (Å²) < 4.78 is 22.5. The number of sulfone groups is 1. The number of hydrogen-bond acceptors (Lipinski definition) is 3. The second-order valence-corrected chi connectivity index (χ2v) is 7.29. The molecule has 1 aromatic rings. The Hall–Kier alpha value is -0.580. The van der Waals surface area contributed by atoms with Crippen LogP contribution in [0.5, 0.6) is 0 Å². The van der Waals surface area contributed by atoms with Gasteiger partial charge >= 0.3 is 0 Å². The Bertz CT molecular complexity index is 479. The molecule has 0 heterocycles. The van der Waals surface area contributed by atoms with E-state index in [9.17, 15) is 8.42 Å². The fraction of sp³-hybridized carbons (Fsp3) is 0.538. The van der Waals surface area contributed by atoms with Crippen molar-refractivity contribution in [2.24, 2.45) is 0 Å². The first kappa shape index (κ1) is 15.5. The van der Waals surface area contributed by atoms with Gasteiger partial charge in [-0.15, -0.1) is 0 Å². The van der Waals surface area contributed by atoms with Crippen molar-refractivity contribution in [1.82, 2.24) is 5.32 Å². The van der Waals surface area contributed by atoms with E-state index in [1.165, 1.54) is 6.26 Å². The lowest BCUT2D eigenvalue weighted by Gasteiger charge is -2.18. The highest BCUT2D eigenvalue weighted by atomic mass is 35.5. The van der Waals surface area contributed by atoms with Gasteiger partial charge in [0.05, 0.1) is 5.75 Å². The Kier molecular flexibility index (Phi) is 5.63. The van der Waals surface area contributed by atoms with Crippen molar-refractivity contribution in [3.05, 3.63) is 34.3 Å². The summed E-state index contributed by atoms with van der Waals surface area (Å²) in [7, 11) is -2.94. The molecule has 3 nitrogen and oxygen atoms in total. The van der Waals surface area contributed by atoms with E-state index in [0.717, 1.165) is 17.7 Å². The summed E-state index contributed by atoms with van der Waals surface area (Å²) in [6.45, 7) is 4.78. The summed E-state index contributed by atoms with van der Waals surface area (Å²) >= 11 is 6.04. The lowest BCUT2D eigenvalue weighted by molar-refractivity contribution is 0.529. The predicted octanol–water partition coefficient (Wildman–Crippen LogP) is 2.73. The summed E-state index contributed by atoms with van der Waals surface area (Å²) in [6, 6.07) is 5.86. The molecule has 1 rings (SSSR count). The molecule has 0 bridgehead atoms. The number of aryl methyl sites for hydroxylation is 1. The molecule has 1 N–H and O–H groups in total. The molecule has 102 valence electrons. The molecule has 0 radical (unpaired) electrons. The predicted molar refractivity (Wildman–Crippen MR) is 76.9 cm³/mol. The van der Waals surface area contributed by atoms with E-state index < -0.39 is 9.84 Å². The Balaban J connectivity index is 2.89. The van der Waals surface area contributed by atoms with Gasteiger partial charge in [-0.1, -0.05) is 24.6 Å². The second-order valence-electron chi connectivity index (χ2n) is 4.59. The highest BCUT2D eigenvalue weighted by Crippen LogP contribution is 2.23. The molecule has 1 unspecified atom stereocenters. The zero-order valence-corrected chi connectivity index (χ0v) is 12.6. The third kappa shape index (κ3) is 5.38. The smallest absolute Gasteiger partial charge is 0.147 e. The van der Waals surface area contributed by atoms with Crippen LogP contribution >= 0.6 is 11.6 Å². The molecule has 0 aliphatic rings. The van der Waals surface area contributed by atoms with Gasteiger partial charge in [0.1, 0.15) is 9.84 Å². The van der Waals surface area contributed by atoms with Crippen molar-refractivity contribution in [3.8, 4) is 0 Å². The fourth-order valence-corrected chi connectivity index (χ4v) is 2.89. The zero-order valence-electron chi connectivity index (χ0n) is 11.0. The Morgan fingerprint density at radius 2 is 2.00 bits per heavy atom. The highest BCUT2D eigenvalue weighted by molar-refractivity contribution is 7.90. The molecule has 0 aromatic heterocycles. The summed E-state index contributed by atoms with van der Waals surface area (Å²) in [6.07, 6.45) is 1.83. The Morgan fingerprint density at radius 1 is 1.33 bits per heavy atom. The molecule has 0 aliphatic carbocycles. The quantitative estimate of drug-likeness (QED) is 0.876. The first-order valence-electron chi connectivity index (χ1n) is 6.00. The van der Waals surface area contributed by atoms with Crippen molar-refractivity contribution in [2.45, 2.75) is 26.3 Å². The normalized spacial score (nSPS) is 13.6. The van der Waals surface area contributed by atoms with Gasteiger partial charge in [-0.3, -0.25) is 0 Å². The lowest BCUT2D eigenvalue weighted by Crippen LogP contribution is -2.23. The molecule has 0 amide bonds. The third-order valence-corrected chi connectivity index (χ3v) is 3.89. The van der Waals surface area contributed by atoms with Crippen LogP contribution in [0.3, 0.4) is 0 Å². The minimum atomic E-state index is -2.94. The van der Waals surface area contributed by atoms with Gasteiger partial charge in [0.25, 0.3) is 0 Å². The van der Waals surface area contributed by atoms with Crippen LogP contribution in [0.1, 0.15) is 30.5 Å². The summed E-state index contributed by atoms with van der Waals surface area (Å²) in [4.78, 5) is 0. The number of rotatable bonds is 6. The fourth-order valence-electron chi connectivity index (χ4n) is 1.93. The van der Waals surface area contributed by atoms with Crippen molar-refractivity contribution < 1.29 is 8.42 Å². The number of nitrogens with one attached hydrogen (secondary N) is 1. The van der Waals surface area contributed by atoms with Gasteiger partial charge < -0.3 is 5.32 Å². The first-order chi connectivity index (χ1) is 8.31. The molecule has 5 heteroatoms. The molecule has 0 saturated carbocycles. The van der Waals surface area contributed by atoms with Gasteiger partial charge in [-0.05, 0) is 43.1 Å². The van der Waals surface area contributed by atoms with Crippen LogP contribution in [0.2, 0.25) is 5.02 Å². The number of halogens is 1. The lowest BCUT2D eigenvalue weighted by atomic mass is 10.0. The van der Waals surface area contributed by atoms with Crippen LogP contribution < -0.4 is 5.32 Å². The van der Waals surface area contributed by atoms with E-state index in [0.29, 0.717) is 11.4 Å². The molecule has 0 aliphatic heterocycles. The van der Waals surface area contributed by atoms with Crippen LogP contribution in [0.15, 0.2) is 18.2 Å². The van der Waals surface area contributed by atoms with Crippen LogP contribution in [-0.4, -0.2) is 27.0 Å². The monoisotopic (exact) mass is 289 g/mol. The van der Waals surface area contributed by atoms with Crippen molar-refractivity contribution in [1.29, 1.82) is 0 Å². The minimum absolute atomic E-state index is 0.0297. The maximum absolute atomic E-state index is 11.3. The molecule has 0 spiro atoms. The second kappa shape index (κ2) is 6.55.